The van der Waals surface area contributed by atoms with Crippen LogP contribution >= 0.6 is 0 Å². The lowest BCUT2D eigenvalue weighted by Crippen LogP contribution is -2.54. The van der Waals surface area contributed by atoms with E-state index in [1.54, 1.807) is 4.90 Å². The largest absolute Gasteiger partial charge is 0.401 e. The number of halogens is 3. The van der Waals surface area contributed by atoms with Crippen molar-refractivity contribution in [3.05, 3.63) is 0 Å². The third-order valence-corrected chi connectivity index (χ3v) is 5.44. The van der Waals surface area contributed by atoms with Gasteiger partial charge in [-0.15, -0.1) is 0 Å². The Bertz CT molecular complexity index is 407. The molecule has 0 radical (unpaired) electrons. The average molecular weight is 319 g/mol. The molecule has 0 spiro atoms. The number of hydrogen-bond donors (Lipinski definition) is 1. The fourth-order valence-electron chi connectivity index (χ4n) is 4.38. The van der Waals surface area contributed by atoms with Crippen molar-refractivity contribution >= 4 is 5.91 Å². The summed E-state index contributed by atoms with van der Waals surface area (Å²) in [5.41, 5.74) is 0. The molecule has 0 unspecified atom stereocenters. The van der Waals surface area contributed by atoms with Crippen LogP contribution in [0.4, 0.5) is 13.2 Å². The molecule has 3 aliphatic rings. The molecule has 3 rings (SSSR count). The fraction of sp³-hybridized carbons (Fsp3) is 0.933. The van der Waals surface area contributed by atoms with Gasteiger partial charge in [0.2, 0.25) is 5.91 Å². The van der Waals surface area contributed by atoms with Crippen LogP contribution in [-0.4, -0.2) is 67.2 Å². The van der Waals surface area contributed by atoms with E-state index in [9.17, 15) is 18.0 Å². The average Bonchev–Trinajstić information content (AvgIpc) is 3.08. The number of fused-ring (bicyclic) bond motifs is 2. The third-order valence-electron chi connectivity index (χ3n) is 5.44. The summed E-state index contributed by atoms with van der Waals surface area (Å²) in [5, 5.41) is 2.18. The summed E-state index contributed by atoms with van der Waals surface area (Å²) in [7, 11) is 0. The molecule has 2 aliphatic carbocycles. The number of rotatable bonds is 4. The van der Waals surface area contributed by atoms with E-state index >= 15 is 0 Å². The number of alkyl halides is 3. The summed E-state index contributed by atoms with van der Waals surface area (Å²) in [4.78, 5) is 16.1. The van der Waals surface area contributed by atoms with Gasteiger partial charge in [0.1, 0.15) is 0 Å². The first kappa shape index (κ1) is 16.1. The molecule has 1 N–H and O–H groups in total. The quantitative estimate of drug-likeness (QED) is 0.852. The Morgan fingerprint density at radius 1 is 1.09 bits per heavy atom. The minimum atomic E-state index is -4.26. The standard InChI is InChI=1S/C15H24F3N3O/c16-15(17,18)10-19-9-14(22)21-5-3-20(4-6-21)13-8-11-1-2-12(13)7-11/h11-13,19H,1-10H2/t11-,12-,13+/m0/s1. The lowest BCUT2D eigenvalue weighted by molar-refractivity contribution is -0.136. The molecule has 126 valence electrons. The molecular formula is C15H24F3N3O. The van der Waals surface area contributed by atoms with Crippen LogP contribution in [-0.2, 0) is 4.79 Å². The van der Waals surface area contributed by atoms with Crippen LogP contribution in [0, 0.1) is 11.8 Å². The predicted octanol–water partition coefficient (Wildman–Crippen LogP) is 1.47. The van der Waals surface area contributed by atoms with Crippen LogP contribution in [0.15, 0.2) is 0 Å². The smallest absolute Gasteiger partial charge is 0.339 e. The van der Waals surface area contributed by atoms with Crippen molar-refractivity contribution in [2.75, 3.05) is 39.3 Å². The van der Waals surface area contributed by atoms with Crippen molar-refractivity contribution in [1.29, 1.82) is 0 Å². The molecule has 22 heavy (non-hydrogen) atoms. The molecule has 2 bridgehead atoms. The molecule has 4 nitrogen and oxygen atoms in total. The van der Waals surface area contributed by atoms with Gasteiger partial charge in [-0.3, -0.25) is 9.69 Å². The molecule has 3 fully saturated rings. The maximum atomic E-state index is 12.1. The molecular weight excluding hydrogens is 295 g/mol. The Hall–Kier alpha value is -0.820. The Balaban J connectivity index is 1.39. The van der Waals surface area contributed by atoms with Crippen LogP contribution in [0.3, 0.4) is 0 Å². The van der Waals surface area contributed by atoms with E-state index in [0.29, 0.717) is 19.1 Å². The topological polar surface area (TPSA) is 35.6 Å². The molecule has 1 heterocycles. The fourth-order valence-corrected chi connectivity index (χ4v) is 4.38. The molecule has 1 amide bonds. The first-order chi connectivity index (χ1) is 10.4. The highest BCUT2D eigenvalue weighted by Gasteiger charge is 2.42. The number of nitrogens with one attached hydrogen (secondary N) is 1. The van der Waals surface area contributed by atoms with Gasteiger partial charge in [0, 0.05) is 32.2 Å². The number of nitrogens with zero attached hydrogens (tertiary/aromatic N) is 2. The van der Waals surface area contributed by atoms with Gasteiger partial charge in [-0.1, -0.05) is 6.42 Å². The van der Waals surface area contributed by atoms with Gasteiger partial charge in [-0.25, -0.2) is 0 Å². The Morgan fingerprint density at radius 2 is 1.82 bits per heavy atom. The van der Waals surface area contributed by atoms with Crippen molar-refractivity contribution in [3.8, 4) is 0 Å². The van der Waals surface area contributed by atoms with Gasteiger partial charge in [-0.05, 0) is 31.1 Å². The van der Waals surface area contributed by atoms with E-state index in [4.69, 9.17) is 0 Å². The lowest BCUT2D eigenvalue weighted by Gasteiger charge is -2.41. The van der Waals surface area contributed by atoms with E-state index in [-0.39, 0.29) is 12.5 Å². The van der Waals surface area contributed by atoms with Crippen LogP contribution < -0.4 is 5.32 Å². The number of amides is 1. The van der Waals surface area contributed by atoms with Crippen molar-refractivity contribution in [2.45, 2.75) is 37.9 Å². The van der Waals surface area contributed by atoms with Gasteiger partial charge in [0.15, 0.2) is 0 Å². The zero-order valence-corrected chi connectivity index (χ0v) is 12.7. The van der Waals surface area contributed by atoms with Gasteiger partial charge in [0.25, 0.3) is 0 Å². The summed E-state index contributed by atoms with van der Waals surface area (Å²) in [6.07, 6.45) is 1.12. The highest BCUT2D eigenvalue weighted by molar-refractivity contribution is 5.78. The van der Waals surface area contributed by atoms with Crippen molar-refractivity contribution in [3.63, 3.8) is 0 Å². The van der Waals surface area contributed by atoms with Crippen LogP contribution in [0.25, 0.3) is 0 Å². The van der Waals surface area contributed by atoms with Crippen molar-refractivity contribution < 1.29 is 18.0 Å². The zero-order valence-electron chi connectivity index (χ0n) is 12.7. The maximum Gasteiger partial charge on any atom is 0.401 e. The molecule has 0 aromatic carbocycles. The van der Waals surface area contributed by atoms with E-state index in [0.717, 1.165) is 24.9 Å². The monoisotopic (exact) mass is 319 g/mol. The minimum Gasteiger partial charge on any atom is -0.339 e. The van der Waals surface area contributed by atoms with Crippen LogP contribution in [0.2, 0.25) is 0 Å². The number of carbonyl (C=O) groups is 1. The molecule has 3 atom stereocenters. The number of piperazine rings is 1. The van der Waals surface area contributed by atoms with E-state index < -0.39 is 12.7 Å². The van der Waals surface area contributed by atoms with Crippen molar-refractivity contribution in [1.82, 2.24) is 15.1 Å². The summed E-state index contributed by atoms with van der Waals surface area (Å²) < 4.78 is 36.2. The molecule has 0 aromatic rings. The molecule has 1 aliphatic heterocycles. The highest BCUT2D eigenvalue weighted by atomic mass is 19.4. The first-order valence-corrected chi connectivity index (χ1v) is 8.21. The van der Waals surface area contributed by atoms with Gasteiger partial charge in [-0.2, -0.15) is 13.2 Å². The number of hydrogen-bond acceptors (Lipinski definition) is 3. The van der Waals surface area contributed by atoms with Crippen LogP contribution in [0.1, 0.15) is 25.7 Å². The summed E-state index contributed by atoms with van der Waals surface area (Å²) in [5.74, 6) is 1.51. The van der Waals surface area contributed by atoms with Crippen molar-refractivity contribution in [2.24, 2.45) is 11.8 Å². The normalized spacial score (nSPS) is 32.7. The molecule has 0 aromatic heterocycles. The third kappa shape index (κ3) is 3.74. The van der Waals surface area contributed by atoms with Gasteiger partial charge >= 0.3 is 6.18 Å². The highest BCUT2D eigenvalue weighted by Crippen LogP contribution is 2.46. The molecule has 1 saturated heterocycles. The SMILES string of the molecule is O=C(CNCC(F)(F)F)N1CCN([C@@H]2C[C@H]3CC[C@H]2C3)CC1. The van der Waals surface area contributed by atoms with E-state index in [1.807, 2.05) is 0 Å². The van der Waals surface area contributed by atoms with E-state index in [2.05, 4.69) is 10.2 Å². The Labute approximate surface area is 129 Å². The molecule has 7 heteroatoms. The van der Waals surface area contributed by atoms with Gasteiger partial charge < -0.3 is 10.2 Å². The second-order valence-electron chi connectivity index (χ2n) is 6.88. The number of carbonyl (C=O) groups excluding carboxylic acids is 1. The lowest BCUT2D eigenvalue weighted by atomic mass is 9.93. The zero-order chi connectivity index (χ0) is 15.7. The summed E-state index contributed by atoms with van der Waals surface area (Å²) in [6.45, 7) is 1.66. The molecule has 2 saturated carbocycles. The predicted molar refractivity (Wildman–Crippen MR) is 76.3 cm³/mol. The summed E-state index contributed by atoms with van der Waals surface area (Å²) in [6, 6.07) is 0.680. The van der Waals surface area contributed by atoms with Gasteiger partial charge in [0.05, 0.1) is 13.1 Å². The Morgan fingerprint density at radius 3 is 2.36 bits per heavy atom. The Kier molecular flexibility index (Phi) is 4.64. The maximum absolute atomic E-state index is 12.1. The minimum absolute atomic E-state index is 0.225. The first-order valence-electron chi connectivity index (χ1n) is 8.21. The summed E-state index contributed by atoms with van der Waals surface area (Å²) >= 11 is 0. The second-order valence-corrected chi connectivity index (χ2v) is 6.88. The van der Waals surface area contributed by atoms with E-state index in [1.165, 1.54) is 25.7 Å². The second kappa shape index (κ2) is 6.35. The van der Waals surface area contributed by atoms with Crippen LogP contribution in [0.5, 0.6) is 0 Å².